The van der Waals surface area contributed by atoms with Crippen molar-refractivity contribution in [2.24, 2.45) is 17.8 Å². The van der Waals surface area contributed by atoms with Crippen molar-refractivity contribution in [3.63, 3.8) is 0 Å². The first kappa shape index (κ1) is 39.0. The van der Waals surface area contributed by atoms with Crippen LogP contribution in [0.4, 0.5) is 0 Å². The summed E-state index contributed by atoms with van der Waals surface area (Å²) in [6, 6.07) is 19.4. The van der Waals surface area contributed by atoms with Crippen LogP contribution in [0.15, 0.2) is 72.8 Å². The molecule has 49 heavy (non-hydrogen) atoms. The summed E-state index contributed by atoms with van der Waals surface area (Å²) in [6.45, 7) is 14.8. The lowest BCUT2D eigenvalue weighted by Gasteiger charge is -2.23. The van der Waals surface area contributed by atoms with Gasteiger partial charge in [0.05, 0.1) is 49.6 Å². The molecule has 0 radical (unpaired) electrons. The molecule has 4 atom stereocenters. The highest BCUT2D eigenvalue weighted by Crippen LogP contribution is 2.23. The second-order valence-corrected chi connectivity index (χ2v) is 12.8. The topological polar surface area (TPSA) is 116 Å². The molecule has 4 unspecified atom stereocenters. The Morgan fingerprint density at radius 2 is 0.980 bits per heavy atom. The molecule has 0 aromatic heterocycles. The van der Waals surface area contributed by atoms with Gasteiger partial charge in [0.15, 0.2) is 0 Å². The third kappa shape index (κ3) is 13.6. The predicted molar refractivity (Wildman–Crippen MR) is 185 cm³/mol. The number of carbonyl (C=O) groups excluding carboxylic acids is 3. The zero-order chi connectivity index (χ0) is 35.9. The molecule has 0 heterocycles. The summed E-state index contributed by atoms with van der Waals surface area (Å²) >= 11 is 0. The van der Waals surface area contributed by atoms with Crippen LogP contribution in [0.25, 0.3) is 0 Å². The molecule has 10 nitrogen and oxygen atoms in total. The van der Waals surface area contributed by atoms with Crippen LogP contribution >= 0.6 is 0 Å². The van der Waals surface area contributed by atoms with Crippen molar-refractivity contribution in [2.45, 2.75) is 73.2 Å². The van der Waals surface area contributed by atoms with Crippen LogP contribution in [0.3, 0.4) is 0 Å². The Balaban J connectivity index is 1.36. The standard InChI is InChI=1S/C39H50O10/c1-25(2)21-36(26(3)4)39(42)46-23-28(6)44-22-27(5)45-24-29(7)47-33-15-11-31(12-16-33)38(41)49-35-19-17-34(18-20-35)48-37(40)30-9-13-32(43-8)14-10-30/h9-20,25-29,36H,21-24H2,1-8H3. The van der Waals surface area contributed by atoms with Crippen molar-refractivity contribution < 1.29 is 47.5 Å². The molecule has 0 aliphatic heterocycles. The van der Waals surface area contributed by atoms with E-state index in [1.54, 1.807) is 79.9 Å². The summed E-state index contributed by atoms with van der Waals surface area (Å²) in [5, 5.41) is 0. The van der Waals surface area contributed by atoms with E-state index in [1.165, 1.54) is 0 Å². The summed E-state index contributed by atoms with van der Waals surface area (Å²) < 4.78 is 39.2. The Morgan fingerprint density at radius 3 is 1.43 bits per heavy atom. The van der Waals surface area contributed by atoms with E-state index in [4.69, 9.17) is 33.2 Å². The molecular formula is C39H50O10. The van der Waals surface area contributed by atoms with Crippen molar-refractivity contribution in [3.05, 3.63) is 83.9 Å². The molecule has 10 heteroatoms. The Labute approximate surface area is 289 Å². The molecule has 0 aliphatic rings. The van der Waals surface area contributed by atoms with Gasteiger partial charge in [-0.25, -0.2) is 9.59 Å². The van der Waals surface area contributed by atoms with E-state index in [0.29, 0.717) is 53.3 Å². The maximum absolute atomic E-state index is 12.7. The summed E-state index contributed by atoms with van der Waals surface area (Å²) in [5.41, 5.74) is 0.723. The van der Waals surface area contributed by atoms with Crippen molar-refractivity contribution in [2.75, 3.05) is 26.9 Å². The highest BCUT2D eigenvalue weighted by atomic mass is 16.6. The van der Waals surface area contributed by atoms with Gasteiger partial charge in [-0.05, 0) is 112 Å². The number of carbonyl (C=O) groups is 3. The first-order valence-corrected chi connectivity index (χ1v) is 16.7. The number of ether oxygens (including phenoxy) is 7. The second kappa shape index (κ2) is 19.6. The minimum atomic E-state index is -0.543. The van der Waals surface area contributed by atoms with Crippen molar-refractivity contribution >= 4 is 17.9 Å². The van der Waals surface area contributed by atoms with Crippen LogP contribution in [0.1, 0.15) is 75.6 Å². The van der Waals surface area contributed by atoms with Gasteiger partial charge in [0.2, 0.25) is 0 Å². The minimum Gasteiger partial charge on any atom is -0.497 e. The lowest BCUT2D eigenvalue weighted by atomic mass is 9.88. The van der Waals surface area contributed by atoms with Crippen molar-refractivity contribution in [3.8, 4) is 23.0 Å². The average molecular weight is 679 g/mol. The summed E-state index contributed by atoms with van der Waals surface area (Å²) in [4.78, 5) is 37.6. The summed E-state index contributed by atoms with van der Waals surface area (Å²) in [7, 11) is 1.55. The molecule has 0 spiro atoms. The highest BCUT2D eigenvalue weighted by Gasteiger charge is 2.25. The third-order valence-electron chi connectivity index (χ3n) is 7.52. The first-order chi connectivity index (χ1) is 23.3. The van der Waals surface area contributed by atoms with Crippen LogP contribution < -0.4 is 18.9 Å². The Bertz CT molecular complexity index is 1450. The van der Waals surface area contributed by atoms with Crippen LogP contribution in [0.5, 0.6) is 23.0 Å². The number of hydrogen-bond donors (Lipinski definition) is 0. The maximum atomic E-state index is 12.7. The van der Waals surface area contributed by atoms with Gasteiger partial charge >= 0.3 is 17.9 Å². The minimum absolute atomic E-state index is 0.113. The van der Waals surface area contributed by atoms with E-state index in [2.05, 4.69) is 13.8 Å². The fourth-order valence-corrected chi connectivity index (χ4v) is 4.72. The van der Waals surface area contributed by atoms with E-state index in [9.17, 15) is 14.4 Å². The fraction of sp³-hybridized carbons (Fsp3) is 0.462. The maximum Gasteiger partial charge on any atom is 0.343 e. The molecule has 3 aromatic carbocycles. The molecule has 3 rings (SSSR count). The number of rotatable bonds is 19. The van der Waals surface area contributed by atoms with E-state index in [-0.39, 0.29) is 42.7 Å². The van der Waals surface area contributed by atoms with Crippen molar-refractivity contribution in [1.82, 2.24) is 0 Å². The van der Waals surface area contributed by atoms with Gasteiger partial charge in [-0.15, -0.1) is 0 Å². The van der Waals surface area contributed by atoms with E-state index in [0.717, 1.165) is 6.42 Å². The van der Waals surface area contributed by atoms with Crippen molar-refractivity contribution in [1.29, 1.82) is 0 Å². The van der Waals surface area contributed by atoms with Crippen LogP contribution in [-0.2, 0) is 19.0 Å². The SMILES string of the molecule is COc1ccc(C(=O)Oc2ccc(OC(=O)c3ccc(OC(C)COC(C)COC(C)COC(=O)C(CC(C)C)C(C)C)cc3)cc2)cc1. The number of esters is 3. The van der Waals surface area contributed by atoms with E-state index in [1.807, 2.05) is 34.6 Å². The number of methoxy groups -OCH3 is 1. The Hall–Kier alpha value is -4.41. The van der Waals surface area contributed by atoms with Gasteiger partial charge in [0.25, 0.3) is 0 Å². The monoisotopic (exact) mass is 678 g/mol. The lowest BCUT2D eigenvalue weighted by Crippen LogP contribution is -2.30. The van der Waals surface area contributed by atoms with Gasteiger partial charge in [-0.1, -0.05) is 27.7 Å². The van der Waals surface area contributed by atoms with Gasteiger partial charge in [0.1, 0.15) is 35.7 Å². The van der Waals surface area contributed by atoms with Crippen LogP contribution in [0, 0.1) is 17.8 Å². The second-order valence-electron chi connectivity index (χ2n) is 12.8. The Morgan fingerprint density at radius 1 is 0.551 bits per heavy atom. The lowest BCUT2D eigenvalue weighted by molar-refractivity contribution is -0.155. The summed E-state index contributed by atoms with van der Waals surface area (Å²) in [6.07, 6.45) is 0.0965. The van der Waals surface area contributed by atoms with Gasteiger partial charge in [-0.2, -0.15) is 0 Å². The quantitative estimate of drug-likeness (QED) is 0.0929. The molecule has 0 bridgehead atoms. The average Bonchev–Trinajstić information content (AvgIpc) is 3.08. The molecule has 0 fully saturated rings. The zero-order valence-corrected chi connectivity index (χ0v) is 29.8. The summed E-state index contributed by atoms with van der Waals surface area (Å²) in [5.74, 6) is 1.13. The molecule has 3 aromatic rings. The van der Waals surface area contributed by atoms with E-state index < -0.39 is 11.9 Å². The van der Waals surface area contributed by atoms with Crippen LogP contribution in [-0.4, -0.2) is 63.2 Å². The smallest absolute Gasteiger partial charge is 0.343 e. The molecule has 0 N–H and O–H groups in total. The molecule has 0 amide bonds. The van der Waals surface area contributed by atoms with Crippen LogP contribution in [0.2, 0.25) is 0 Å². The molecule has 266 valence electrons. The predicted octanol–water partition coefficient (Wildman–Crippen LogP) is 7.57. The van der Waals surface area contributed by atoms with E-state index >= 15 is 0 Å². The molecule has 0 aliphatic carbocycles. The fourth-order valence-electron chi connectivity index (χ4n) is 4.72. The third-order valence-corrected chi connectivity index (χ3v) is 7.52. The normalized spacial score (nSPS) is 13.7. The number of hydrogen-bond acceptors (Lipinski definition) is 10. The Kier molecular flexibility index (Phi) is 15.6. The first-order valence-electron chi connectivity index (χ1n) is 16.7. The zero-order valence-electron chi connectivity index (χ0n) is 29.8. The van der Waals surface area contributed by atoms with Gasteiger partial charge in [-0.3, -0.25) is 4.79 Å². The largest absolute Gasteiger partial charge is 0.497 e. The molecule has 0 saturated carbocycles. The van der Waals surface area contributed by atoms with Gasteiger partial charge < -0.3 is 33.2 Å². The van der Waals surface area contributed by atoms with Gasteiger partial charge in [0, 0.05) is 0 Å². The molecule has 0 saturated heterocycles. The highest BCUT2D eigenvalue weighted by molar-refractivity contribution is 5.92. The molecular weight excluding hydrogens is 628 g/mol. The number of benzene rings is 3.